The average molecular weight is 681 g/mol. The molecule has 1 saturated carbocycles. The van der Waals surface area contributed by atoms with Crippen molar-refractivity contribution in [3.05, 3.63) is 79.4 Å². The van der Waals surface area contributed by atoms with Crippen LogP contribution in [0.25, 0.3) is 22.2 Å². The van der Waals surface area contributed by atoms with Gasteiger partial charge in [0.1, 0.15) is 29.2 Å². The molecule has 2 aliphatic heterocycles. The van der Waals surface area contributed by atoms with Crippen molar-refractivity contribution in [2.45, 2.75) is 63.1 Å². The minimum absolute atomic E-state index is 0.0458. The summed E-state index contributed by atoms with van der Waals surface area (Å²) in [6.45, 7) is 10.8. The van der Waals surface area contributed by atoms with E-state index >= 15 is 0 Å². The number of carbonyl (C=O) groups is 4. The van der Waals surface area contributed by atoms with E-state index in [1.807, 2.05) is 54.6 Å². The molecule has 5 atom stereocenters. The van der Waals surface area contributed by atoms with Crippen molar-refractivity contribution in [3.63, 3.8) is 0 Å². The lowest BCUT2D eigenvalue weighted by Crippen LogP contribution is -2.54. The number of carboxylic acids is 1. The number of carboxylic acid groups (broad SMARTS) is 1. The van der Waals surface area contributed by atoms with E-state index in [2.05, 4.69) is 18.5 Å². The number of methoxy groups -OCH3 is 1. The van der Waals surface area contributed by atoms with Crippen molar-refractivity contribution in [2.75, 3.05) is 26.7 Å². The molecule has 3 heterocycles. The second-order valence-electron chi connectivity index (χ2n) is 13.6. The highest BCUT2D eigenvalue weighted by atomic mass is 16.5. The summed E-state index contributed by atoms with van der Waals surface area (Å²) in [6, 6.07) is 16.0. The van der Waals surface area contributed by atoms with Gasteiger partial charge in [0, 0.05) is 54.9 Å². The Labute approximate surface area is 291 Å². The first-order valence-corrected chi connectivity index (χ1v) is 17.2. The van der Waals surface area contributed by atoms with Crippen LogP contribution in [0.4, 0.5) is 0 Å². The summed E-state index contributed by atoms with van der Waals surface area (Å²) in [5.41, 5.74) is 1.24. The number of likely N-dealkylation sites (tertiary alicyclic amines) is 2. The first-order chi connectivity index (χ1) is 24.0. The first kappa shape index (κ1) is 34.7. The number of hydrogen-bond donors (Lipinski definition) is 2. The predicted octanol–water partition coefficient (Wildman–Crippen LogP) is 5.00. The molecule has 6 rings (SSSR count). The third kappa shape index (κ3) is 6.94. The highest BCUT2D eigenvalue weighted by Crippen LogP contribution is 2.45. The SMILES string of the molecule is C=CC1CC1(NC(=O)[C@@H]1C[C@@H](Oc2cc(-c3ccccc3)nc3cc(OC)ccc23)CN1C(=O)[C@@H](CC(=O)N1CCCCC1)C(=C)C)C(=O)O. The van der Waals surface area contributed by atoms with Gasteiger partial charge < -0.3 is 29.7 Å². The highest BCUT2D eigenvalue weighted by molar-refractivity contribution is 5.96. The molecule has 50 heavy (non-hydrogen) atoms. The Morgan fingerprint density at radius 3 is 2.48 bits per heavy atom. The number of aromatic nitrogens is 1. The Balaban J connectivity index is 1.32. The van der Waals surface area contributed by atoms with Crippen LogP contribution in [0.5, 0.6) is 11.5 Å². The average Bonchev–Trinajstić information content (AvgIpc) is 3.69. The van der Waals surface area contributed by atoms with E-state index in [4.69, 9.17) is 14.5 Å². The van der Waals surface area contributed by atoms with Gasteiger partial charge in [-0.2, -0.15) is 0 Å². The molecular formula is C39H44N4O7. The van der Waals surface area contributed by atoms with Crippen LogP contribution in [-0.4, -0.2) is 88.0 Å². The van der Waals surface area contributed by atoms with Crippen molar-refractivity contribution >= 4 is 34.6 Å². The maximum Gasteiger partial charge on any atom is 0.330 e. The standard InChI is InChI=1S/C39H44N4O7/c1-5-26-22-39(26,38(47)48)41-36(45)33-19-28(23-43(33)37(46)30(24(2)3)20-35(44)42-16-10-7-11-17-42)50-34-21-31(25-12-8-6-9-13-25)40-32-18-27(49-4)14-15-29(32)34/h5-6,8-9,12-15,18,21,26,28,30,33H,1-2,7,10-11,16-17,19-20,22-23H2,3-4H3,(H,41,45)(H,47,48)/t26?,28-,30+,33+,39?/m1/s1. The summed E-state index contributed by atoms with van der Waals surface area (Å²) in [4.78, 5) is 62.1. The smallest absolute Gasteiger partial charge is 0.330 e. The summed E-state index contributed by atoms with van der Waals surface area (Å²) in [6.07, 6.45) is 4.06. The van der Waals surface area contributed by atoms with E-state index in [0.717, 1.165) is 30.2 Å². The fourth-order valence-electron chi connectivity index (χ4n) is 7.15. The van der Waals surface area contributed by atoms with Gasteiger partial charge in [0.25, 0.3) is 0 Å². The number of carbonyl (C=O) groups excluding carboxylic acids is 3. The topological polar surface area (TPSA) is 138 Å². The molecule has 3 fully saturated rings. The fraction of sp³-hybridized carbons (Fsp3) is 0.410. The van der Waals surface area contributed by atoms with Crippen LogP contribution in [0.1, 0.15) is 45.4 Å². The molecule has 0 radical (unpaired) electrons. The quantitative estimate of drug-likeness (QED) is 0.255. The van der Waals surface area contributed by atoms with E-state index in [1.165, 1.54) is 11.0 Å². The van der Waals surface area contributed by atoms with Gasteiger partial charge in [-0.05, 0) is 44.7 Å². The van der Waals surface area contributed by atoms with Gasteiger partial charge in [-0.1, -0.05) is 48.6 Å². The molecule has 3 amide bonds. The molecule has 0 spiro atoms. The summed E-state index contributed by atoms with van der Waals surface area (Å²) in [5, 5.41) is 13.5. The zero-order chi connectivity index (χ0) is 35.6. The normalized spacial score (nSPS) is 23.5. The van der Waals surface area contributed by atoms with Gasteiger partial charge in [0.05, 0.1) is 30.8 Å². The van der Waals surface area contributed by atoms with Gasteiger partial charge in [-0.15, -0.1) is 6.58 Å². The molecular weight excluding hydrogens is 636 g/mol. The number of hydrogen-bond acceptors (Lipinski definition) is 7. The van der Waals surface area contributed by atoms with Crippen molar-refractivity contribution in [2.24, 2.45) is 11.8 Å². The third-order valence-corrected chi connectivity index (χ3v) is 10.2. The number of ether oxygens (including phenoxy) is 2. The lowest BCUT2D eigenvalue weighted by atomic mass is 9.94. The zero-order valence-electron chi connectivity index (χ0n) is 28.6. The maximum absolute atomic E-state index is 14.4. The maximum atomic E-state index is 14.4. The second-order valence-corrected chi connectivity index (χ2v) is 13.6. The van der Waals surface area contributed by atoms with Crippen molar-refractivity contribution in [1.82, 2.24) is 20.1 Å². The van der Waals surface area contributed by atoms with Gasteiger partial charge in [-0.25, -0.2) is 9.78 Å². The van der Waals surface area contributed by atoms with Crippen LogP contribution >= 0.6 is 0 Å². The molecule has 2 aromatic carbocycles. The Morgan fingerprint density at radius 2 is 1.84 bits per heavy atom. The van der Waals surface area contributed by atoms with Gasteiger partial charge in [0.15, 0.2) is 0 Å². The van der Waals surface area contributed by atoms with Gasteiger partial charge >= 0.3 is 5.97 Å². The minimum atomic E-state index is -1.48. The number of benzene rings is 2. The molecule has 2 unspecified atom stereocenters. The number of pyridine rings is 1. The van der Waals surface area contributed by atoms with E-state index in [-0.39, 0.29) is 31.7 Å². The van der Waals surface area contributed by atoms with E-state index in [0.29, 0.717) is 41.4 Å². The largest absolute Gasteiger partial charge is 0.497 e. The lowest BCUT2D eigenvalue weighted by molar-refractivity contribution is -0.146. The van der Waals surface area contributed by atoms with Crippen molar-refractivity contribution in [3.8, 4) is 22.8 Å². The van der Waals surface area contributed by atoms with Crippen molar-refractivity contribution < 1.29 is 33.8 Å². The Morgan fingerprint density at radius 1 is 1.10 bits per heavy atom. The molecule has 11 nitrogen and oxygen atoms in total. The fourth-order valence-corrected chi connectivity index (χ4v) is 7.15. The number of fused-ring (bicyclic) bond motifs is 1. The minimum Gasteiger partial charge on any atom is -0.497 e. The first-order valence-electron chi connectivity index (χ1n) is 17.2. The number of amides is 3. The second kappa shape index (κ2) is 14.3. The molecule has 1 aromatic heterocycles. The molecule has 2 N–H and O–H groups in total. The predicted molar refractivity (Wildman–Crippen MR) is 188 cm³/mol. The zero-order valence-corrected chi connectivity index (χ0v) is 28.6. The van der Waals surface area contributed by atoms with Crippen LogP contribution in [0.2, 0.25) is 0 Å². The molecule has 2 saturated heterocycles. The summed E-state index contributed by atoms with van der Waals surface area (Å²) in [5.74, 6) is -2.41. The van der Waals surface area contributed by atoms with E-state index in [1.54, 1.807) is 18.9 Å². The van der Waals surface area contributed by atoms with Crippen LogP contribution in [0.15, 0.2) is 79.4 Å². The van der Waals surface area contributed by atoms with E-state index in [9.17, 15) is 24.3 Å². The molecule has 11 heteroatoms. The molecule has 3 aromatic rings. The molecule has 262 valence electrons. The molecule has 1 aliphatic carbocycles. The number of piperidine rings is 1. The van der Waals surface area contributed by atoms with Crippen LogP contribution in [0.3, 0.4) is 0 Å². The number of rotatable bonds is 12. The Hall–Kier alpha value is -5.19. The van der Waals surface area contributed by atoms with Crippen molar-refractivity contribution in [1.29, 1.82) is 0 Å². The third-order valence-electron chi connectivity index (χ3n) is 10.2. The van der Waals surface area contributed by atoms with Gasteiger partial charge in [0.2, 0.25) is 17.7 Å². The van der Waals surface area contributed by atoms with Crippen LogP contribution in [-0.2, 0) is 19.2 Å². The summed E-state index contributed by atoms with van der Waals surface area (Å²) >= 11 is 0. The van der Waals surface area contributed by atoms with Gasteiger partial charge in [-0.3, -0.25) is 14.4 Å². The van der Waals surface area contributed by atoms with Crippen LogP contribution in [0, 0.1) is 11.8 Å². The number of aliphatic carboxylic acids is 1. The summed E-state index contributed by atoms with van der Waals surface area (Å²) in [7, 11) is 1.58. The van der Waals surface area contributed by atoms with Crippen LogP contribution < -0.4 is 14.8 Å². The lowest BCUT2D eigenvalue weighted by Gasteiger charge is -2.31. The molecule has 0 bridgehead atoms. The van der Waals surface area contributed by atoms with E-state index < -0.39 is 47.3 Å². The Kier molecular flexibility index (Phi) is 9.95. The Bertz CT molecular complexity index is 1820. The monoisotopic (exact) mass is 680 g/mol. The summed E-state index contributed by atoms with van der Waals surface area (Å²) < 4.78 is 12.1. The molecule has 3 aliphatic rings. The number of nitrogens with zero attached hydrogens (tertiary/aromatic N) is 3. The highest BCUT2D eigenvalue weighted by Gasteiger charge is 2.61. The number of nitrogens with one attached hydrogen (secondary N) is 1.